The van der Waals surface area contributed by atoms with Gasteiger partial charge in [0.1, 0.15) is 5.82 Å². The molecule has 1 aromatic carbocycles. The highest BCUT2D eigenvalue weighted by Gasteiger charge is 2.10. The van der Waals surface area contributed by atoms with Crippen molar-refractivity contribution in [1.29, 1.82) is 0 Å². The number of nitrogens with zero attached hydrogens (tertiary/aromatic N) is 2. The van der Waals surface area contributed by atoms with E-state index in [0.29, 0.717) is 0 Å². The van der Waals surface area contributed by atoms with Crippen molar-refractivity contribution < 1.29 is 9.13 Å². The monoisotopic (exact) mass is 406 g/mol. The van der Waals surface area contributed by atoms with E-state index in [1.54, 1.807) is 6.20 Å². The first-order valence-electron chi connectivity index (χ1n) is 10.7. The van der Waals surface area contributed by atoms with Crippen molar-refractivity contribution in [3.8, 4) is 0 Å². The van der Waals surface area contributed by atoms with E-state index < -0.39 is 0 Å². The maximum atomic E-state index is 13.0. The molecule has 1 unspecified atom stereocenters. The summed E-state index contributed by atoms with van der Waals surface area (Å²) in [4.78, 5) is 4.13. The van der Waals surface area contributed by atoms with E-state index in [4.69, 9.17) is 4.74 Å². The molecule has 2 aromatic rings. The molecule has 0 N–H and O–H groups in total. The summed E-state index contributed by atoms with van der Waals surface area (Å²) >= 11 is 1.84. The van der Waals surface area contributed by atoms with Crippen molar-refractivity contribution in [3.05, 3.63) is 54.4 Å². The van der Waals surface area contributed by atoms with Gasteiger partial charge in [0.05, 0.1) is 19.0 Å². The molecule has 0 fully saturated rings. The Bertz CT molecular complexity index is 604. The minimum atomic E-state index is -0.180. The SMILES string of the molecule is CCCCCCCCCCOC(CSCc1ccc(F)cc1)Cn1ccnc1. The summed E-state index contributed by atoms with van der Waals surface area (Å²) in [5.74, 6) is 1.62. The van der Waals surface area contributed by atoms with E-state index in [-0.39, 0.29) is 11.9 Å². The van der Waals surface area contributed by atoms with Gasteiger partial charge in [0.2, 0.25) is 0 Å². The van der Waals surface area contributed by atoms with Crippen LogP contribution in [0.3, 0.4) is 0 Å². The van der Waals surface area contributed by atoms with Crippen molar-refractivity contribution in [2.45, 2.75) is 76.7 Å². The van der Waals surface area contributed by atoms with Gasteiger partial charge in [-0.1, -0.05) is 64.0 Å². The van der Waals surface area contributed by atoms with Crippen LogP contribution in [0.1, 0.15) is 63.9 Å². The van der Waals surface area contributed by atoms with Crippen LogP contribution < -0.4 is 0 Å². The van der Waals surface area contributed by atoms with Crippen LogP contribution in [0.2, 0.25) is 0 Å². The Morgan fingerprint density at radius 1 is 1.04 bits per heavy atom. The molecular formula is C23H35FN2OS. The smallest absolute Gasteiger partial charge is 0.123 e. The minimum Gasteiger partial charge on any atom is -0.376 e. The molecule has 1 aromatic heterocycles. The Labute approximate surface area is 174 Å². The zero-order valence-electron chi connectivity index (χ0n) is 17.2. The first-order chi connectivity index (χ1) is 13.8. The molecular weight excluding hydrogens is 371 g/mol. The average Bonchev–Trinajstić information content (AvgIpc) is 3.21. The predicted molar refractivity (Wildman–Crippen MR) is 117 cm³/mol. The maximum Gasteiger partial charge on any atom is 0.123 e. The zero-order valence-corrected chi connectivity index (χ0v) is 18.0. The molecule has 3 nitrogen and oxygen atoms in total. The fraction of sp³-hybridized carbons (Fsp3) is 0.609. The number of halogens is 1. The van der Waals surface area contributed by atoms with Gasteiger partial charge in [-0.2, -0.15) is 11.8 Å². The van der Waals surface area contributed by atoms with Crippen LogP contribution in [0.4, 0.5) is 4.39 Å². The van der Waals surface area contributed by atoms with Crippen molar-refractivity contribution in [2.24, 2.45) is 0 Å². The van der Waals surface area contributed by atoms with Crippen molar-refractivity contribution >= 4 is 11.8 Å². The Morgan fingerprint density at radius 2 is 1.75 bits per heavy atom. The lowest BCUT2D eigenvalue weighted by atomic mass is 10.1. The van der Waals surface area contributed by atoms with Crippen molar-refractivity contribution in [3.63, 3.8) is 0 Å². The van der Waals surface area contributed by atoms with Gasteiger partial charge in [-0.05, 0) is 24.1 Å². The number of unbranched alkanes of at least 4 members (excludes halogenated alkanes) is 7. The molecule has 28 heavy (non-hydrogen) atoms. The minimum absolute atomic E-state index is 0.171. The third-order valence-electron chi connectivity index (χ3n) is 4.81. The van der Waals surface area contributed by atoms with E-state index in [1.165, 1.54) is 57.1 Å². The molecule has 0 aliphatic carbocycles. The van der Waals surface area contributed by atoms with Crippen molar-refractivity contribution in [2.75, 3.05) is 12.4 Å². The molecule has 2 rings (SSSR count). The summed E-state index contributed by atoms with van der Waals surface area (Å²) in [6.07, 6.45) is 16.3. The molecule has 0 saturated heterocycles. The summed E-state index contributed by atoms with van der Waals surface area (Å²) in [7, 11) is 0. The lowest BCUT2D eigenvalue weighted by Crippen LogP contribution is -2.23. The Kier molecular flexibility index (Phi) is 12.0. The van der Waals surface area contributed by atoms with E-state index in [9.17, 15) is 4.39 Å². The zero-order chi connectivity index (χ0) is 19.9. The third kappa shape index (κ3) is 10.3. The molecule has 0 spiro atoms. The first-order valence-corrected chi connectivity index (χ1v) is 11.8. The summed E-state index contributed by atoms with van der Waals surface area (Å²) in [5, 5.41) is 0. The molecule has 1 heterocycles. The molecule has 156 valence electrons. The molecule has 0 aliphatic heterocycles. The number of aromatic nitrogens is 2. The van der Waals surface area contributed by atoms with Gasteiger partial charge in [0.15, 0.2) is 0 Å². The number of thioether (sulfide) groups is 1. The van der Waals surface area contributed by atoms with Gasteiger partial charge in [0.25, 0.3) is 0 Å². The fourth-order valence-electron chi connectivity index (χ4n) is 3.16. The summed E-state index contributed by atoms with van der Waals surface area (Å²) in [6.45, 7) is 3.91. The molecule has 0 saturated carbocycles. The normalized spacial score (nSPS) is 12.4. The fourth-order valence-corrected chi connectivity index (χ4v) is 4.17. The van der Waals surface area contributed by atoms with Crippen LogP contribution in [-0.4, -0.2) is 28.0 Å². The lowest BCUT2D eigenvalue weighted by molar-refractivity contribution is 0.0548. The van der Waals surface area contributed by atoms with Crippen LogP contribution in [0, 0.1) is 5.82 Å². The second-order valence-corrected chi connectivity index (χ2v) is 8.40. The Morgan fingerprint density at radius 3 is 2.43 bits per heavy atom. The predicted octanol–water partition coefficient (Wildman–Crippen LogP) is 6.48. The average molecular weight is 407 g/mol. The third-order valence-corrected chi connectivity index (χ3v) is 5.96. The molecule has 0 amide bonds. The van der Waals surface area contributed by atoms with E-state index in [0.717, 1.165) is 36.6 Å². The van der Waals surface area contributed by atoms with Crippen LogP contribution in [0.25, 0.3) is 0 Å². The van der Waals surface area contributed by atoms with Gasteiger partial charge in [0, 0.05) is 30.5 Å². The topological polar surface area (TPSA) is 27.1 Å². The van der Waals surface area contributed by atoms with Crippen molar-refractivity contribution in [1.82, 2.24) is 9.55 Å². The van der Waals surface area contributed by atoms with Gasteiger partial charge in [-0.15, -0.1) is 0 Å². The summed E-state index contributed by atoms with van der Waals surface area (Å²) < 4.78 is 21.3. The summed E-state index contributed by atoms with van der Waals surface area (Å²) in [6, 6.07) is 6.76. The maximum absolute atomic E-state index is 13.0. The molecule has 0 aliphatic rings. The van der Waals surface area contributed by atoms with Crippen LogP contribution in [0.5, 0.6) is 0 Å². The highest BCUT2D eigenvalue weighted by molar-refractivity contribution is 7.98. The van der Waals surface area contributed by atoms with Gasteiger partial charge in [-0.25, -0.2) is 9.37 Å². The number of hydrogen-bond donors (Lipinski definition) is 0. The molecule has 0 radical (unpaired) electrons. The van der Waals surface area contributed by atoms with Gasteiger partial charge in [-0.3, -0.25) is 0 Å². The first kappa shape index (κ1) is 23.0. The number of benzene rings is 1. The Balaban J connectivity index is 1.63. The van der Waals surface area contributed by atoms with Crippen LogP contribution in [-0.2, 0) is 17.0 Å². The van der Waals surface area contributed by atoms with E-state index >= 15 is 0 Å². The molecule has 5 heteroatoms. The molecule has 1 atom stereocenters. The Hall–Kier alpha value is -1.33. The van der Waals surface area contributed by atoms with E-state index in [1.807, 2.05) is 36.4 Å². The second kappa shape index (κ2) is 14.6. The largest absolute Gasteiger partial charge is 0.376 e. The highest BCUT2D eigenvalue weighted by Crippen LogP contribution is 2.16. The number of rotatable bonds is 16. The number of ether oxygens (including phenoxy) is 1. The van der Waals surface area contributed by atoms with Crippen LogP contribution in [0.15, 0.2) is 43.0 Å². The van der Waals surface area contributed by atoms with E-state index in [2.05, 4.69) is 16.5 Å². The van der Waals surface area contributed by atoms with Gasteiger partial charge < -0.3 is 9.30 Å². The number of imidazole rings is 1. The highest BCUT2D eigenvalue weighted by atomic mass is 32.2. The standard InChI is InChI=1S/C23H35FN2OS/c1-2-3-4-5-6-7-8-9-16-27-23(17-26-15-14-25-20-26)19-28-18-21-10-12-22(24)13-11-21/h10-15,20,23H,2-9,16-19H2,1H3. The quantitative estimate of drug-likeness (QED) is 0.298. The summed E-state index contributed by atoms with van der Waals surface area (Å²) in [5.41, 5.74) is 1.15. The van der Waals surface area contributed by atoms with Gasteiger partial charge >= 0.3 is 0 Å². The second-order valence-electron chi connectivity index (χ2n) is 7.37. The number of hydrogen-bond acceptors (Lipinski definition) is 3. The van der Waals surface area contributed by atoms with Crippen LogP contribution >= 0.6 is 11.8 Å². The molecule has 0 bridgehead atoms. The lowest BCUT2D eigenvalue weighted by Gasteiger charge is -2.18.